The highest BCUT2D eigenvalue weighted by molar-refractivity contribution is 5.76. The lowest BCUT2D eigenvalue weighted by atomic mass is 9.93. The zero-order valence-corrected chi connectivity index (χ0v) is 19.4. The maximum Gasteiger partial charge on any atom is 0.425 e. The van der Waals surface area contributed by atoms with Gasteiger partial charge in [0, 0.05) is 42.1 Å². The molecule has 2 saturated heterocycles. The Kier molecular flexibility index (Phi) is 6.42. The van der Waals surface area contributed by atoms with Crippen LogP contribution in [-0.4, -0.2) is 58.0 Å². The Labute approximate surface area is 200 Å². The van der Waals surface area contributed by atoms with Gasteiger partial charge in [0.1, 0.15) is 22.9 Å². The first kappa shape index (κ1) is 23.6. The van der Waals surface area contributed by atoms with E-state index in [1.54, 1.807) is 18.5 Å². The van der Waals surface area contributed by atoms with Gasteiger partial charge in [0.15, 0.2) is 6.10 Å². The molecule has 2 fully saturated rings. The summed E-state index contributed by atoms with van der Waals surface area (Å²) in [5.41, 5.74) is 2.72. The lowest BCUT2D eigenvalue weighted by Crippen LogP contribution is -2.43. The second-order valence-corrected chi connectivity index (χ2v) is 9.16. The minimum absolute atomic E-state index is 0.0145. The average Bonchev–Trinajstić information content (AvgIpc) is 3.46. The van der Waals surface area contributed by atoms with Crippen molar-refractivity contribution in [3.63, 3.8) is 0 Å². The van der Waals surface area contributed by atoms with E-state index in [-0.39, 0.29) is 48.9 Å². The number of rotatable bonds is 5. The van der Waals surface area contributed by atoms with Crippen LogP contribution >= 0.6 is 0 Å². The van der Waals surface area contributed by atoms with Gasteiger partial charge in [0.2, 0.25) is 0 Å². The van der Waals surface area contributed by atoms with E-state index in [0.29, 0.717) is 5.56 Å². The molecule has 11 heteroatoms. The van der Waals surface area contributed by atoms with Gasteiger partial charge in [-0.2, -0.15) is 28.6 Å². The third kappa shape index (κ3) is 4.60. The highest BCUT2D eigenvalue weighted by Crippen LogP contribution is 2.38. The van der Waals surface area contributed by atoms with Crippen LogP contribution < -0.4 is 10.1 Å². The van der Waals surface area contributed by atoms with Gasteiger partial charge in [0.05, 0.1) is 18.4 Å². The molecule has 2 aliphatic rings. The molecule has 0 bridgehead atoms. The number of nitrogens with zero attached hydrogens (tertiary/aromatic N) is 5. The molecule has 1 unspecified atom stereocenters. The zero-order chi connectivity index (χ0) is 24.6. The topological polar surface area (TPSA) is 89.4 Å². The molecule has 186 valence electrons. The Morgan fingerprint density at radius 1 is 1.17 bits per heavy atom. The molecule has 3 aromatic rings. The molecule has 0 amide bonds. The van der Waals surface area contributed by atoms with E-state index in [1.807, 2.05) is 17.7 Å². The van der Waals surface area contributed by atoms with E-state index < -0.39 is 18.2 Å². The van der Waals surface area contributed by atoms with Crippen molar-refractivity contribution in [1.29, 1.82) is 5.26 Å². The molecule has 2 aliphatic heterocycles. The summed E-state index contributed by atoms with van der Waals surface area (Å²) in [6, 6.07) is 3.85. The summed E-state index contributed by atoms with van der Waals surface area (Å²) in [6.45, 7) is 4.32. The number of pyridine rings is 1. The van der Waals surface area contributed by atoms with Gasteiger partial charge >= 0.3 is 6.18 Å². The largest absolute Gasteiger partial charge is 0.478 e. The molecule has 35 heavy (non-hydrogen) atoms. The van der Waals surface area contributed by atoms with E-state index in [4.69, 9.17) is 9.47 Å². The normalized spacial score (nSPS) is 19.1. The number of ether oxygens (including phenoxy) is 2. The molecule has 0 aliphatic carbocycles. The van der Waals surface area contributed by atoms with Gasteiger partial charge in [-0.05, 0) is 51.8 Å². The minimum Gasteiger partial charge on any atom is -0.478 e. The predicted molar refractivity (Wildman–Crippen MR) is 121 cm³/mol. The van der Waals surface area contributed by atoms with Crippen molar-refractivity contribution in [3.8, 4) is 22.9 Å². The lowest BCUT2D eigenvalue weighted by Gasteiger charge is -2.32. The maximum atomic E-state index is 14.1. The number of hydrogen-bond acceptors (Lipinski definition) is 6. The lowest BCUT2D eigenvalue weighted by molar-refractivity contribution is -0.216. The molecule has 0 spiro atoms. The molecule has 1 N–H and O–H groups in total. The molecule has 8 nitrogen and oxygen atoms in total. The summed E-state index contributed by atoms with van der Waals surface area (Å²) >= 11 is 0. The summed E-state index contributed by atoms with van der Waals surface area (Å²) in [6.07, 6.45) is 0.626. The third-order valence-corrected chi connectivity index (χ3v) is 6.98. The fourth-order valence-electron chi connectivity index (χ4n) is 5.12. The van der Waals surface area contributed by atoms with Crippen LogP contribution in [0.25, 0.3) is 16.6 Å². The number of nitriles is 1. The van der Waals surface area contributed by atoms with Gasteiger partial charge in [0.25, 0.3) is 0 Å². The van der Waals surface area contributed by atoms with Gasteiger partial charge in [-0.25, -0.2) is 4.52 Å². The highest BCUT2D eigenvalue weighted by Gasteiger charge is 2.47. The van der Waals surface area contributed by atoms with Gasteiger partial charge in [-0.15, -0.1) is 0 Å². The van der Waals surface area contributed by atoms with Crippen LogP contribution in [0.15, 0.2) is 24.7 Å². The smallest absolute Gasteiger partial charge is 0.425 e. The Hall–Kier alpha value is -3.10. The Morgan fingerprint density at radius 3 is 2.60 bits per heavy atom. The Balaban J connectivity index is 1.57. The average molecular weight is 489 g/mol. The first-order valence-electron chi connectivity index (χ1n) is 11.8. The van der Waals surface area contributed by atoms with Crippen LogP contribution in [0.2, 0.25) is 0 Å². The molecule has 0 radical (unpaired) electrons. The van der Waals surface area contributed by atoms with Crippen LogP contribution in [0.1, 0.15) is 43.0 Å². The zero-order valence-electron chi connectivity index (χ0n) is 19.4. The number of fused-ring (bicyclic) bond motifs is 1. The van der Waals surface area contributed by atoms with Crippen molar-refractivity contribution in [1.82, 2.24) is 24.7 Å². The first-order chi connectivity index (χ1) is 16.9. The number of piperidine rings is 1. The fraction of sp³-hybridized carbons (Fsp3) is 0.542. The van der Waals surface area contributed by atoms with Crippen molar-refractivity contribution in [3.05, 3.63) is 35.9 Å². The van der Waals surface area contributed by atoms with E-state index in [1.165, 1.54) is 10.7 Å². The van der Waals surface area contributed by atoms with E-state index in [2.05, 4.69) is 15.5 Å². The molecular formula is C24H27F3N6O2. The Bertz CT molecular complexity index is 1230. The summed E-state index contributed by atoms with van der Waals surface area (Å²) in [5, 5.41) is 21.7. The second-order valence-electron chi connectivity index (χ2n) is 9.16. The molecule has 0 aromatic carbocycles. The molecule has 5 rings (SSSR count). The van der Waals surface area contributed by atoms with Crippen LogP contribution in [0, 0.1) is 24.2 Å². The van der Waals surface area contributed by atoms with Crippen molar-refractivity contribution < 1.29 is 22.6 Å². The summed E-state index contributed by atoms with van der Waals surface area (Å²) in [7, 11) is 0. The third-order valence-electron chi connectivity index (χ3n) is 6.98. The van der Waals surface area contributed by atoms with Crippen molar-refractivity contribution in [2.45, 2.75) is 50.9 Å². The van der Waals surface area contributed by atoms with Gasteiger partial charge in [-0.1, -0.05) is 0 Å². The quantitative estimate of drug-likeness (QED) is 0.583. The fourth-order valence-corrected chi connectivity index (χ4v) is 5.12. The standard InChI is InChI=1S/C24H27F3N6O2/c1-15-20(13-31-33(15)19-2-6-29-7-3-19)17-10-21(22-18(11-28)12-30-32(22)14-17)35-23(24(25,26)27)16-4-8-34-9-5-16/h10,12-14,16,19,23,29H,2-9H2,1H3. The minimum atomic E-state index is -4.57. The van der Waals surface area contributed by atoms with Crippen LogP contribution in [0.5, 0.6) is 5.75 Å². The van der Waals surface area contributed by atoms with Crippen molar-refractivity contribution in [2.75, 3.05) is 26.3 Å². The van der Waals surface area contributed by atoms with Crippen LogP contribution in [-0.2, 0) is 4.74 Å². The number of nitrogens with one attached hydrogen (secondary N) is 1. The number of aromatic nitrogens is 4. The Morgan fingerprint density at radius 2 is 1.91 bits per heavy atom. The monoisotopic (exact) mass is 488 g/mol. The first-order valence-corrected chi connectivity index (χ1v) is 11.8. The maximum absolute atomic E-state index is 14.1. The molecule has 5 heterocycles. The van der Waals surface area contributed by atoms with Crippen molar-refractivity contribution in [2.24, 2.45) is 5.92 Å². The van der Waals surface area contributed by atoms with E-state index in [9.17, 15) is 18.4 Å². The summed E-state index contributed by atoms with van der Waals surface area (Å²) < 4.78 is 56.8. The number of alkyl halides is 3. The molecule has 1 atom stereocenters. The molecule has 3 aromatic heterocycles. The van der Waals surface area contributed by atoms with Crippen LogP contribution in [0.3, 0.4) is 0 Å². The van der Waals surface area contributed by atoms with Crippen LogP contribution in [0.4, 0.5) is 13.2 Å². The number of hydrogen-bond donors (Lipinski definition) is 1. The van der Waals surface area contributed by atoms with E-state index >= 15 is 0 Å². The summed E-state index contributed by atoms with van der Waals surface area (Å²) in [5.74, 6) is -0.746. The summed E-state index contributed by atoms with van der Waals surface area (Å²) in [4.78, 5) is 0. The van der Waals surface area contributed by atoms with Gasteiger partial charge in [-0.3, -0.25) is 4.68 Å². The van der Waals surface area contributed by atoms with Crippen molar-refractivity contribution >= 4 is 5.52 Å². The SMILES string of the molecule is Cc1c(-c2cc(OC(C3CCOCC3)C(F)(F)F)c3c(C#N)cnn3c2)cnn1C1CCNCC1. The molecular weight excluding hydrogens is 461 g/mol. The molecule has 0 saturated carbocycles. The number of halogens is 3. The van der Waals surface area contributed by atoms with E-state index in [0.717, 1.165) is 37.2 Å². The van der Waals surface area contributed by atoms with Gasteiger partial charge < -0.3 is 14.8 Å². The predicted octanol–water partition coefficient (Wildman–Crippen LogP) is 4.04. The highest BCUT2D eigenvalue weighted by atomic mass is 19.4. The second kappa shape index (κ2) is 9.51.